The number of ether oxygens (including phenoxy) is 1. The molecular weight excluding hydrogens is 440 g/mol. The number of carbonyl (C=O) groups is 2. The van der Waals surface area contributed by atoms with Crippen molar-refractivity contribution in [1.82, 2.24) is 14.5 Å². The van der Waals surface area contributed by atoms with Crippen LogP contribution in [0.3, 0.4) is 0 Å². The van der Waals surface area contributed by atoms with Gasteiger partial charge in [-0.1, -0.05) is 12.1 Å². The molecule has 1 amide bonds. The van der Waals surface area contributed by atoms with Gasteiger partial charge in [0.1, 0.15) is 11.5 Å². The van der Waals surface area contributed by atoms with Gasteiger partial charge >= 0.3 is 0 Å². The molecule has 1 saturated heterocycles. The summed E-state index contributed by atoms with van der Waals surface area (Å²) in [6.07, 6.45) is 5.64. The number of methoxy groups -OCH3 is 1. The number of aliphatic hydroxyl groups excluding tert-OH is 1. The van der Waals surface area contributed by atoms with Crippen molar-refractivity contribution in [1.29, 1.82) is 0 Å². The zero-order valence-electron chi connectivity index (χ0n) is 18.3. The number of Topliss-reactive ketones (excluding diaryl/α,β-unsaturated/α-hetero) is 1. The predicted octanol–water partition coefficient (Wildman–Crippen LogP) is 3.31. The van der Waals surface area contributed by atoms with Crippen LogP contribution >= 0.6 is 0 Å². The molecule has 0 saturated carbocycles. The Hall–Kier alpha value is -4.47. The second-order valence-electron chi connectivity index (χ2n) is 7.73. The lowest BCUT2D eigenvalue weighted by molar-refractivity contribution is -0.384. The summed E-state index contributed by atoms with van der Waals surface area (Å²) in [5.74, 6) is -1.41. The summed E-state index contributed by atoms with van der Waals surface area (Å²) in [7, 11) is 1.48. The molecule has 1 aliphatic rings. The molecule has 0 bridgehead atoms. The Labute approximate surface area is 194 Å². The summed E-state index contributed by atoms with van der Waals surface area (Å²) in [6.45, 7) is 0.811. The summed E-state index contributed by atoms with van der Waals surface area (Å²) >= 11 is 0. The Morgan fingerprint density at radius 1 is 1.18 bits per heavy atom. The fourth-order valence-corrected chi connectivity index (χ4v) is 4.00. The fourth-order valence-electron chi connectivity index (χ4n) is 4.00. The van der Waals surface area contributed by atoms with Crippen LogP contribution in [0.2, 0.25) is 0 Å². The number of hydrogen-bond donors (Lipinski definition) is 1. The number of non-ortho nitro benzene ring substituents is 1. The lowest BCUT2D eigenvalue weighted by atomic mass is 9.95. The quantitative estimate of drug-likeness (QED) is 0.179. The van der Waals surface area contributed by atoms with Gasteiger partial charge in [0.2, 0.25) is 0 Å². The van der Waals surface area contributed by atoms with Crippen molar-refractivity contribution in [2.45, 2.75) is 19.0 Å². The SMILES string of the molecule is COc1cccc(C(O)=C2C(=O)C(=O)N(CCCn3ccnc3)[C@H]2c2ccc([N+](=O)[O-])cc2)c1. The summed E-state index contributed by atoms with van der Waals surface area (Å²) in [4.78, 5) is 42.0. The van der Waals surface area contributed by atoms with Gasteiger partial charge in [-0.05, 0) is 36.2 Å². The van der Waals surface area contributed by atoms with Crippen molar-refractivity contribution < 1.29 is 24.4 Å². The molecule has 2 aromatic carbocycles. The molecule has 0 unspecified atom stereocenters. The van der Waals surface area contributed by atoms with Crippen LogP contribution in [-0.2, 0) is 16.1 Å². The first kappa shape index (κ1) is 22.7. The first-order valence-electron chi connectivity index (χ1n) is 10.5. The van der Waals surface area contributed by atoms with Crippen molar-refractivity contribution in [2.75, 3.05) is 13.7 Å². The van der Waals surface area contributed by atoms with Crippen LogP contribution in [0.15, 0.2) is 72.8 Å². The van der Waals surface area contributed by atoms with E-state index in [1.54, 1.807) is 43.0 Å². The Morgan fingerprint density at radius 3 is 2.59 bits per heavy atom. The van der Waals surface area contributed by atoms with Crippen molar-refractivity contribution in [3.05, 3.63) is 94.1 Å². The average molecular weight is 462 g/mol. The third-order valence-corrected chi connectivity index (χ3v) is 5.68. The maximum atomic E-state index is 13.1. The molecule has 1 atom stereocenters. The van der Waals surface area contributed by atoms with Crippen molar-refractivity contribution in [2.24, 2.45) is 0 Å². The molecule has 0 aliphatic carbocycles. The summed E-state index contributed by atoms with van der Waals surface area (Å²) < 4.78 is 7.06. The number of nitro benzene ring substituents is 1. The Balaban J connectivity index is 1.75. The van der Waals surface area contributed by atoms with Gasteiger partial charge in [0.25, 0.3) is 17.4 Å². The number of imidazole rings is 1. The highest BCUT2D eigenvalue weighted by Crippen LogP contribution is 2.40. The van der Waals surface area contributed by atoms with Gasteiger partial charge in [-0.25, -0.2) is 4.98 Å². The highest BCUT2D eigenvalue weighted by atomic mass is 16.6. The number of nitrogens with zero attached hydrogens (tertiary/aromatic N) is 4. The van der Waals surface area contributed by atoms with Gasteiger partial charge in [0, 0.05) is 43.2 Å². The van der Waals surface area contributed by atoms with E-state index in [0.717, 1.165) is 0 Å². The van der Waals surface area contributed by atoms with Gasteiger partial charge in [0.05, 0.1) is 30.0 Å². The molecule has 10 nitrogen and oxygen atoms in total. The van der Waals surface area contributed by atoms with E-state index in [9.17, 15) is 24.8 Å². The van der Waals surface area contributed by atoms with Crippen LogP contribution < -0.4 is 4.74 Å². The van der Waals surface area contributed by atoms with Crippen LogP contribution in [0.4, 0.5) is 5.69 Å². The molecule has 1 aromatic heterocycles. The van der Waals surface area contributed by atoms with E-state index in [0.29, 0.717) is 29.8 Å². The van der Waals surface area contributed by atoms with Crippen molar-refractivity contribution in [3.8, 4) is 5.75 Å². The van der Waals surface area contributed by atoms with Gasteiger partial charge in [-0.2, -0.15) is 0 Å². The van der Waals surface area contributed by atoms with Gasteiger partial charge < -0.3 is 19.3 Å². The molecule has 10 heteroatoms. The second kappa shape index (κ2) is 9.57. The molecule has 1 fully saturated rings. The highest BCUT2D eigenvalue weighted by Gasteiger charge is 2.45. The largest absolute Gasteiger partial charge is 0.507 e. The summed E-state index contributed by atoms with van der Waals surface area (Å²) in [5, 5.41) is 22.2. The lowest BCUT2D eigenvalue weighted by Gasteiger charge is -2.25. The minimum Gasteiger partial charge on any atom is -0.507 e. The molecule has 1 aliphatic heterocycles. The smallest absolute Gasteiger partial charge is 0.295 e. The van der Waals surface area contributed by atoms with E-state index >= 15 is 0 Å². The Bertz CT molecular complexity index is 1250. The average Bonchev–Trinajstić information content (AvgIpc) is 3.46. The molecule has 2 heterocycles. The summed E-state index contributed by atoms with van der Waals surface area (Å²) in [6, 6.07) is 11.3. The molecule has 1 N–H and O–H groups in total. The number of nitro groups is 1. The van der Waals surface area contributed by atoms with Crippen molar-refractivity contribution >= 4 is 23.1 Å². The maximum absolute atomic E-state index is 13.1. The predicted molar refractivity (Wildman–Crippen MR) is 122 cm³/mol. The number of rotatable bonds is 8. The van der Waals surface area contributed by atoms with E-state index in [-0.39, 0.29) is 23.6 Å². The van der Waals surface area contributed by atoms with Crippen LogP contribution in [-0.4, -0.2) is 49.8 Å². The topological polar surface area (TPSA) is 128 Å². The first-order chi connectivity index (χ1) is 16.4. The van der Waals surface area contributed by atoms with Gasteiger partial charge in [0.15, 0.2) is 0 Å². The van der Waals surface area contributed by atoms with Gasteiger partial charge in [-0.3, -0.25) is 19.7 Å². The van der Waals surface area contributed by atoms with Crippen LogP contribution in [0.1, 0.15) is 23.6 Å². The minimum absolute atomic E-state index is 0.0743. The zero-order valence-corrected chi connectivity index (χ0v) is 18.3. The summed E-state index contributed by atoms with van der Waals surface area (Å²) in [5.41, 5.74) is 0.614. The van der Waals surface area contributed by atoms with Crippen LogP contribution in [0.25, 0.3) is 5.76 Å². The maximum Gasteiger partial charge on any atom is 0.295 e. The number of benzene rings is 2. The Kier molecular flexibility index (Phi) is 6.39. The molecule has 4 rings (SSSR count). The molecular formula is C24H22N4O6. The molecule has 174 valence electrons. The van der Waals surface area contributed by atoms with Crippen LogP contribution in [0.5, 0.6) is 5.75 Å². The third-order valence-electron chi connectivity index (χ3n) is 5.68. The van der Waals surface area contributed by atoms with Crippen LogP contribution in [0, 0.1) is 10.1 Å². The normalized spacial score (nSPS) is 17.2. The lowest BCUT2D eigenvalue weighted by Crippen LogP contribution is -2.31. The monoisotopic (exact) mass is 462 g/mol. The number of ketones is 1. The van der Waals surface area contributed by atoms with E-state index in [4.69, 9.17) is 4.74 Å². The highest BCUT2D eigenvalue weighted by molar-refractivity contribution is 6.46. The zero-order chi connectivity index (χ0) is 24.2. The number of hydrogen-bond acceptors (Lipinski definition) is 7. The van der Waals surface area contributed by atoms with E-state index in [1.807, 2.05) is 4.57 Å². The molecule has 0 spiro atoms. The molecule has 3 aromatic rings. The number of aliphatic hydroxyl groups is 1. The van der Waals surface area contributed by atoms with Crippen molar-refractivity contribution in [3.63, 3.8) is 0 Å². The number of carbonyl (C=O) groups excluding carboxylic acids is 2. The molecule has 0 radical (unpaired) electrons. The first-order valence-corrected chi connectivity index (χ1v) is 10.5. The Morgan fingerprint density at radius 2 is 1.94 bits per heavy atom. The minimum atomic E-state index is -0.894. The number of amides is 1. The molecule has 34 heavy (non-hydrogen) atoms. The van der Waals surface area contributed by atoms with E-state index < -0.39 is 22.7 Å². The third kappa shape index (κ3) is 4.38. The van der Waals surface area contributed by atoms with E-state index in [2.05, 4.69) is 4.98 Å². The number of aromatic nitrogens is 2. The fraction of sp³-hybridized carbons (Fsp3) is 0.208. The van der Waals surface area contributed by atoms with E-state index in [1.165, 1.54) is 36.3 Å². The second-order valence-corrected chi connectivity index (χ2v) is 7.73. The van der Waals surface area contributed by atoms with Gasteiger partial charge in [-0.15, -0.1) is 0 Å². The number of aryl methyl sites for hydroxylation is 1. The number of likely N-dealkylation sites (tertiary alicyclic amines) is 1. The standard InChI is InChI=1S/C24H22N4O6/c1-34-19-5-2-4-17(14-19)22(29)20-21(16-6-8-18(9-7-16)28(32)33)27(24(31)23(20)30)12-3-11-26-13-10-25-15-26/h2,4-10,13-15,21,29H,3,11-12H2,1H3/t21-/m0/s1.